The molecule has 0 aromatic heterocycles. The first-order valence-electron chi connectivity index (χ1n) is 6.45. The van der Waals surface area contributed by atoms with Crippen molar-refractivity contribution in [2.45, 2.75) is 45.4 Å². The zero-order valence-electron chi connectivity index (χ0n) is 11.7. The van der Waals surface area contributed by atoms with Crippen LogP contribution in [0.4, 0.5) is 0 Å². The molecule has 100 valence electrons. The van der Waals surface area contributed by atoms with Gasteiger partial charge in [-0.15, -0.1) is 0 Å². The minimum atomic E-state index is -0.156. The minimum Gasteiger partial charge on any atom is -0.339 e. The van der Waals surface area contributed by atoms with Crippen LogP contribution in [0, 0.1) is 5.92 Å². The fourth-order valence-corrected chi connectivity index (χ4v) is 2.23. The van der Waals surface area contributed by atoms with Crippen LogP contribution in [0.25, 0.3) is 0 Å². The summed E-state index contributed by atoms with van der Waals surface area (Å²) in [5.74, 6) is 0.489. The average molecular weight is 258 g/mol. The third-order valence-corrected chi connectivity index (χ3v) is 4.24. The highest BCUT2D eigenvalue weighted by Gasteiger charge is 2.30. The Morgan fingerprint density at radius 2 is 1.59 bits per heavy atom. The first-order chi connectivity index (χ1) is 7.73. The zero-order chi connectivity index (χ0) is 13.2. The number of rotatable bonds is 2. The second-order valence-electron chi connectivity index (χ2n) is 6.17. The molecule has 1 fully saturated rings. The van der Waals surface area contributed by atoms with Gasteiger partial charge in [-0.2, -0.15) is 12.6 Å². The maximum Gasteiger partial charge on any atom is 0.235 e. The Morgan fingerprint density at radius 3 is 1.94 bits per heavy atom. The number of nitrogens with zero attached hydrogens (tertiary/aromatic N) is 2. The van der Waals surface area contributed by atoms with Gasteiger partial charge in [0, 0.05) is 31.7 Å². The van der Waals surface area contributed by atoms with Crippen LogP contribution in [-0.4, -0.2) is 52.7 Å². The zero-order valence-corrected chi connectivity index (χ0v) is 12.6. The number of amides is 1. The molecule has 1 aliphatic rings. The number of hydrogen-bond acceptors (Lipinski definition) is 3. The van der Waals surface area contributed by atoms with E-state index >= 15 is 0 Å². The van der Waals surface area contributed by atoms with Gasteiger partial charge in [-0.1, -0.05) is 13.8 Å². The van der Waals surface area contributed by atoms with Crippen molar-refractivity contribution in [3.8, 4) is 0 Å². The summed E-state index contributed by atoms with van der Waals surface area (Å²) in [6.07, 6.45) is 0. The van der Waals surface area contributed by atoms with Gasteiger partial charge in [-0.25, -0.2) is 0 Å². The smallest absolute Gasteiger partial charge is 0.235 e. The second-order valence-corrected chi connectivity index (χ2v) is 6.73. The van der Waals surface area contributed by atoms with Crippen LogP contribution in [0.5, 0.6) is 0 Å². The van der Waals surface area contributed by atoms with E-state index in [1.165, 1.54) is 0 Å². The van der Waals surface area contributed by atoms with E-state index in [2.05, 4.69) is 38.3 Å². The first kappa shape index (κ1) is 14.8. The highest BCUT2D eigenvalue weighted by atomic mass is 32.1. The predicted octanol–water partition coefficient (Wildman–Crippen LogP) is 1.88. The van der Waals surface area contributed by atoms with Crippen LogP contribution >= 0.6 is 12.6 Å². The van der Waals surface area contributed by atoms with Gasteiger partial charge in [0.2, 0.25) is 5.91 Å². The van der Waals surface area contributed by atoms with Crippen LogP contribution < -0.4 is 0 Å². The van der Waals surface area contributed by atoms with E-state index in [0.29, 0.717) is 5.92 Å². The molecule has 0 spiro atoms. The standard InChI is InChI=1S/C13H26N2OS/c1-10(2)11(17)12(16)14-6-8-15(9-7-14)13(3,4)5/h10-11,17H,6-9H2,1-5H3. The van der Waals surface area contributed by atoms with E-state index in [0.717, 1.165) is 26.2 Å². The molecule has 0 aromatic rings. The molecule has 1 amide bonds. The molecule has 4 heteroatoms. The number of thiol groups is 1. The molecule has 1 aliphatic heterocycles. The van der Waals surface area contributed by atoms with Crippen molar-refractivity contribution in [1.29, 1.82) is 0 Å². The molecular weight excluding hydrogens is 232 g/mol. The van der Waals surface area contributed by atoms with Crippen molar-refractivity contribution in [3.05, 3.63) is 0 Å². The third kappa shape index (κ3) is 3.88. The van der Waals surface area contributed by atoms with Gasteiger partial charge in [0.25, 0.3) is 0 Å². The van der Waals surface area contributed by atoms with E-state index in [9.17, 15) is 4.79 Å². The Morgan fingerprint density at radius 1 is 1.12 bits per heavy atom. The molecule has 1 rings (SSSR count). The second kappa shape index (κ2) is 5.61. The van der Waals surface area contributed by atoms with Gasteiger partial charge in [0.1, 0.15) is 0 Å². The Hall–Kier alpha value is -0.220. The molecule has 1 heterocycles. The van der Waals surface area contributed by atoms with Crippen LogP contribution in [0.15, 0.2) is 0 Å². The predicted molar refractivity (Wildman–Crippen MR) is 75.5 cm³/mol. The lowest BCUT2D eigenvalue weighted by molar-refractivity contribution is -0.133. The Kier molecular flexibility index (Phi) is 4.90. The summed E-state index contributed by atoms with van der Waals surface area (Å²) in [6, 6.07) is 0. The van der Waals surface area contributed by atoms with Crippen LogP contribution in [0.2, 0.25) is 0 Å². The van der Waals surface area contributed by atoms with Crippen molar-refractivity contribution < 1.29 is 4.79 Å². The molecule has 0 aliphatic carbocycles. The molecule has 1 saturated heterocycles. The topological polar surface area (TPSA) is 23.6 Å². The minimum absolute atomic E-state index is 0.156. The van der Waals surface area contributed by atoms with Gasteiger partial charge in [0.05, 0.1) is 5.25 Å². The molecule has 3 nitrogen and oxygen atoms in total. The molecule has 0 saturated carbocycles. The van der Waals surface area contributed by atoms with Crippen LogP contribution in [-0.2, 0) is 4.79 Å². The summed E-state index contributed by atoms with van der Waals surface area (Å²) in [4.78, 5) is 16.5. The molecule has 0 bridgehead atoms. The molecule has 0 aromatic carbocycles. The van der Waals surface area contributed by atoms with Crippen LogP contribution in [0.1, 0.15) is 34.6 Å². The van der Waals surface area contributed by atoms with E-state index in [1.807, 2.05) is 18.7 Å². The highest BCUT2D eigenvalue weighted by Crippen LogP contribution is 2.18. The third-order valence-electron chi connectivity index (χ3n) is 3.42. The summed E-state index contributed by atoms with van der Waals surface area (Å²) in [7, 11) is 0. The molecular formula is C13H26N2OS. The first-order valence-corrected chi connectivity index (χ1v) is 6.97. The maximum atomic E-state index is 12.1. The van der Waals surface area contributed by atoms with Gasteiger partial charge < -0.3 is 4.90 Å². The molecule has 1 unspecified atom stereocenters. The fourth-order valence-electron chi connectivity index (χ4n) is 2.07. The number of piperazine rings is 1. The molecule has 1 atom stereocenters. The molecule has 0 radical (unpaired) electrons. The van der Waals surface area contributed by atoms with E-state index in [-0.39, 0.29) is 16.7 Å². The quantitative estimate of drug-likeness (QED) is 0.765. The Labute approximate surface area is 111 Å². The summed E-state index contributed by atoms with van der Waals surface area (Å²) in [6.45, 7) is 14.4. The van der Waals surface area contributed by atoms with Crippen molar-refractivity contribution >= 4 is 18.5 Å². The van der Waals surface area contributed by atoms with Gasteiger partial charge in [0.15, 0.2) is 0 Å². The van der Waals surface area contributed by atoms with E-state index in [4.69, 9.17) is 0 Å². The summed E-state index contributed by atoms with van der Waals surface area (Å²) in [5.41, 5.74) is 0.202. The van der Waals surface area contributed by atoms with Gasteiger partial charge >= 0.3 is 0 Å². The largest absolute Gasteiger partial charge is 0.339 e. The SMILES string of the molecule is CC(C)C(S)C(=O)N1CCN(C(C)(C)C)CC1. The average Bonchev–Trinajstić information content (AvgIpc) is 2.26. The Bertz CT molecular complexity index is 265. The number of carbonyl (C=O) groups excluding carboxylic acids is 1. The summed E-state index contributed by atoms with van der Waals surface area (Å²) in [5, 5.41) is -0.156. The highest BCUT2D eigenvalue weighted by molar-refractivity contribution is 7.81. The van der Waals surface area contributed by atoms with Gasteiger partial charge in [-0.05, 0) is 26.7 Å². The Balaban J connectivity index is 2.50. The molecule has 0 N–H and O–H groups in total. The lowest BCUT2D eigenvalue weighted by Gasteiger charge is -2.42. The van der Waals surface area contributed by atoms with Crippen molar-refractivity contribution in [2.75, 3.05) is 26.2 Å². The lowest BCUT2D eigenvalue weighted by Crippen LogP contribution is -2.56. The molecule has 17 heavy (non-hydrogen) atoms. The number of carbonyl (C=O) groups is 1. The van der Waals surface area contributed by atoms with Gasteiger partial charge in [-0.3, -0.25) is 9.69 Å². The summed E-state index contributed by atoms with van der Waals surface area (Å²) < 4.78 is 0. The van der Waals surface area contributed by atoms with Crippen molar-refractivity contribution in [2.24, 2.45) is 5.92 Å². The fraction of sp³-hybridized carbons (Fsp3) is 0.923. The van der Waals surface area contributed by atoms with E-state index < -0.39 is 0 Å². The number of hydrogen-bond donors (Lipinski definition) is 1. The van der Waals surface area contributed by atoms with Crippen molar-refractivity contribution in [3.63, 3.8) is 0 Å². The lowest BCUT2D eigenvalue weighted by atomic mass is 10.0. The van der Waals surface area contributed by atoms with Crippen LogP contribution in [0.3, 0.4) is 0 Å². The normalized spacial score (nSPS) is 20.8. The maximum absolute atomic E-state index is 12.1. The van der Waals surface area contributed by atoms with E-state index in [1.54, 1.807) is 0 Å². The monoisotopic (exact) mass is 258 g/mol. The van der Waals surface area contributed by atoms with Crippen molar-refractivity contribution in [1.82, 2.24) is 9.80 Å². The summed E-state index contributed by atoms with van der Waals surface area (Å²) >= 11 is 4.40.